The highest BCUT2D eigenvalue weighted by Gasteiger charge is 2.14. The zero-order valence-corrected chi connectivity index (χ0v) is 12.3. The van der Waals surface area contributed by atoms with Gasteiger partial charge in [-0.2, -0.15) is 0 Å². The fourth-order valence-corrected chi connectivity index (χ4v) is 1.84. The average Bonchev–Trinajstić information content (AvgIpc) is 2.49. The molecule has 1 atom stereocenters. The van der Waals surface area contributed by atoms with Crippen molar-refractivity contribution in [1.29, 1.82) is 0 Å². The van der Waals surface area contributed by atoms with Crippen molar-refractivity contribution in [3.63, 3.8) is 0 Å². The molecule has 0 fully saturated rings. The lowest BCUT2D eigenvalue weighted by molar-refractivity contribution is -0.122. The Kier molecular flexibility index (Phi) is 7.87. The minimum absolute atomic E-state index is 0.129. The molecule has 1 aromatic carbocycles. The number of methoxy groups -OCH3 is 1. The first-order valence-electron chi connectivity index (χ1n) is 6.91. The number of nitrogens with zero attached hydrogens (tertiary/aromatic N) is 1. The first-order valence-corrected chi connectivity index (χ1v) is 6.91. The molecule has 0 radical (unpaired) electrons. The summed E-state index contributed by atoms with van der Waals surface area (Å²) in [6.45, 7) is 3.18. The number of hydrogen-bond donors (Lipinski definition) is 2. The van der Waals surface area contributed by atoms with Crippen LogP contribution in [0, 0.1) is 0 Å². The number of carbonyl (C=O) groups excluding carboxylic acids is 1. The van der Waals surface area contributed by atoms with Gasteiger partial charge in [0, 0.05) is 20.2 Å². The Morgan fingerprint density at radius 1 is 1.35 bits per heavy atom. The Balaban J connectivity index is 2.20. The monoisotopic (exact) mass is 279 g/mol. The van der Waals surface area contributed by atoms with E-state index < -0.39 is 6.04 Å². The zero-order valence-electron chi connectivity index (χ0n) is 12.3. The molecule has 1 amide bonds. The molecule has 0 aliphatic carbocycles. The van der Waals surface area contributed by atoms with Gasteiger partial charge in [0.1, 0.15) is 6.04 Å². The summed E-state index contributed by atoms with van der Waals surface area (Å²) >= 11 is 0. The van der Waals surface area contributed by atoms with Crippen LogP contribution < -0.4 is 11.1 Å². The molecule has 5 nitrogen and oxygen atoms in total. The maximum Gasteiger partial charge on any atom is 0.241 e. The van der Waals surface area contributed by atoms with E-state index in [0.717, 1.165) is 31.7 Å². The van der Waals surface area contributed by atoms with Crippen LogP contribution in [0.15, 0.2) is 30.3 Å². The van der Waals surface area contributed by atoms with E-state index in [0.29, 0.717) is 6.54 Å². The highest BCUT2D eigenvalue weighted by Crippen LogP contribution is 2.08. The number of benzene rings is 1. The Morgan fingerprint density at radius 2 is 2.05 bits per heavy atom. The van der Waals surface area contributed by atoms with Gasteiger partial charge in [0.05, 0.1) is 6.61 Å². The molecule has 3 N–H and O–H groups in total. The number of rotatable bonds is 9. The van der Waals surface area contributed by atoms with Crippen LogP contribution in [0.25, 0.3) is 0 Å². The van der Waals surface area contributed by atoms with Crippen LogP contribution in [-0.2, 0) is 9.53 Å². The van der Waals surface area contributed by atoms with Gasteiger partial charge in [-0.05, 0) is 25.6 Å². The number of nitrogens with one attached hydrogen (secondary N) is 1. The predicted molar refractivity (Wildman–Crippen MR) is 80.4 cm³/mol. The SMILES string of the molecule is COCCN(C)CCCNC(=O)C(N)c1ccccc1. The first-order chi connectivity index (χ1) is 9.65. The Labute approximate surface area is 121 Å². The second-order valence-corrected chi connectivity index (χ2v) is 4.83. The van der Waals surface area contributed by atoms with Crippen molar-refractivity contribution in [2.24, 2.45) is 5.73 Å². The van der Waals surface area contributed by atoms with Crippen molar-refractivity contribution in [2.45, 2.75) is 12.5 Å². The molecular weight excluding hydrogens is 254 g/mol. The third kappa shape index (κ3) is 6.14. The Hall–Kier alpha value is -1.43. The van der Waals surface area contributed by atoms with Crippen LogP contribution in [0.2, 0.25) is 0 Å². The summed E-state index contributed by atoms with van der Waals surface area (Å²) in [6, 6.07) is 8.80. The van der Waals surface area contributed by atoms with Gasteiger partial charge in [0.15, 0.2) is 0 Å². The maximum absolute atomic E-state index is 11.9. The molecule has 0 spiro atoms. The Bertz CT molecular complexity index is 384. The van der Waals surface area contributed by atoms with Crippen molar-refractivity contribution < 1.29 is 9.53 Å². The summed E-state index contributed by atoms with van der Waals surface area (Å²) < 4.78 is 5.01. The number of carbonyl (C=O) groups is 1. The molecule has 20 heavy (non-hydrogen) atoms. The molecule has 1 aromatic rings. The van der Waals surface area contributed by atoms with E-state index >= 15 is 0 Å². The van der Waals surface area contributed by atoms with E-state index in [1.165, 1.54) is 0 Å². The number of nitrogens with two attached hydrogens (primary N) is 1. The van der Waals surface area contributed by atoms with Crippen LogP contribution in [0.3, 0.4) is 0 Å². The fourth-order valence-electron chi connectivity index (χ4n) is 1.84. The quantitative estimate of drug-likeness (QED) is 0.655. The summed E-state index contributed by atoms with van der Waals surface area (Å²) in [5.74, 6) is -0.129. The molecule has 1 rings (SSSR count). The Morgan fingerprint density at radius 3 is 2.70 bits per heavy atom. The van der Waals surface area contributed by atoms with Gasteiger partial charge >= 0.3 is 0 Å². The predicted octanol–water partition coefficient (Wildman–Crippen LogP) is 0.771. The van der Waals surface area contributed by atoms with Crippen molar-refractivity contribution >= 4 is 5.91 Å². The molecule has 0 aromatic heterocycles. The molecule has 0 saturated carbocycles. The molecule has 0 saturated heterocycles. The minimum Gasteiger partial charge on any atom is -0.383 e. The van der Waals surface area contributed by atoms with Crippen LogP contribution >= 0.6 is 0 Å². The van der Waals surface area contributed by atoms with E-state index in [1.54, 1.807) is 7.11 Å². The minimum atomic E-state index is -0.595. The summed E-state index contributed by atoms with van der Waals surface area (Å²) in [5, 5.41) is 2.87. The lowest BCUT2D eigenvalue weighted by atomic mass is 10.1. The third-order valence-electron chi connectivity index (χ3n) is 3.13. The van der Waals surface area contributed by atoms with Gasteiger partial charge in [-0.15, -0.1) is 0 Å². The summed E-state index contributed by atoms with van der Waals surface area (Å²) in [7, 11) is 3.73. The van der Waals surface area contributed by atoms with Gasteiger partial charge in [-0.1, -0.05) is 30.3 Å². The van der Waals surface area contributed by atoms with E-state index in [9.17, 15) is 4.79 Å². The molecule has 5 heteroatoms. The lowest BCUT2D eigenvalue weighted by Gasteiger charge is -2.17. The summed E-state index contributed by atoms with van der Waals surface area (Å²) in [4.78, 5) is 14.1. The van der Waals surface area contributed by atoms with Gasteiger partial charge < -0.3 is 20.7 Å². The lowest BCUT2D eigenvalue weighted by Crippen LogP contribution is -2.36. The normalized spacial score (nSPS) is 12.4. The van der Waals surface area contributed by atoms with Crippen molar-refractivity contribution in [2.75, 3.05) is 40.4 Å². The standard InChI is InChI=1S/C15H25N3O2/c1-18(11-12-20-2)10-6-9-17-15(19)14(16)13-7-4-3-5-8-13/h3-5,7-8,14H,6,9-12,16H2,1-2H3,(H,17,19). The molecule has 0 aliphatic heterocycles. The highest BCUT2D eigenvalue weighted by atomic mass is 16.5. The van der Waals surface area contributed by atoms with E-state index in [2.05, 4.69) is 10.2 Å². The second kappa shape index (κ2) is 9.47. The molecule has 0 heterocycles. The zero-order chi connectivity index (χ0) is 14.8. The second-order valence-electron chi connectivity index (χ2n) is 4.83. The molecule has 0 bridgehead atoms. The summed E-state index contributed by atoms with van der Waals surface area (Å²) in [5.41, 5.74) is 6.74. The smallest absolute Gasteiger partial charge is 0.241 e. The molecule has 1 unspecified atom stereocenters. The maximum atomic E-state index is 11.9. The summed E-state index contributed by atoms with van der Waals surface area (Å²) in [6.07, 6.45) is 0.896. The van der Waals surface area contributed by atoms with Gasteiger partial charge in [-0.3, -0.25) is 4.79 Å². The largest absolute Gasteiger partial charge is 0.383 e. The van der Waals surface area contributed by atoms with Crippen LogP contribution in [0.1, 0.15) is 18.0 Å². The van der Waals surface area contributed by atoms with Crippen molar-refractivity contribution in [3.05, 3.63) is 35.9 Å². The van der Waals surface area contributed by atoms with E-state index in [4.69, 9.17) is 10.5 Å². The average molecular weight is 279 g/mol. The van der Waals surface area contributed by atoms with Crippen molar-refractivity contribution in [3.8, 4) is 0 Å². The van der Waals surface area contributed by atoms with Gasteiger partial charge in [0.2, 0.25) is 5.91 Å². The van der Waals surface area contributed by atoms with Crippen LogP contribution in [0.4, 0.5) is 0 Å². The third-order valence-corrected chi connectivity index (χ3v) is 3.13. The van der Waals surface area contributed by atoms with E-state index in [1.807, 2.05) is 37.4 Å². The molecule has 112 valence electrons. The van der Waals surface area contributed by atoms with Gasteiger partial charge in [-0.25, -0.2) is 0 Å². The van der Waals surface area contributed by atoms with Crippen LogP contribution in [-0.4, -0.2) is 51.2 Å². The highest BCUT2D eigenvalue weighted by molar-refractivity contribution is 5.82. The molecular formula is C15H25N3O2. The number of ether oxygens (including phenoxy) is 1. The van der Waals surface area contributed by atoms with Crippen LogP contribution in [0.5, 0.6) is 0 Å². The number of hydrogen-bond acceptors (Lipinski definition) is 4. The fraction of sp³-hybridized carbons (Fsp3) is 0.533. The topological polar surface area (TPSA) is 67.6 Å². The van der Waals surface area contributed by atoms with Crippen molar-refractivity contribution in [1.82, 2.24) is 10.2 Å². The number of amides is 1. The molecule has 0 aliphatic rings. The van der Waals surface area contributed by atoms with E-state index in [-0.39, 0.29) is 5.91 Å². The van der Waals surface area contributed by atoms with Gasteiger partial charge in [0.25, 0.3) is 0 Å². The first kappa shape index (κ1) is 16.6. The number of likely N-dealkylation sites (N-methyl/N-ethyl adjacent to an activating group) is 1.